The highest BCUT2D eigenvalue weighted by Gasteiger charge is 2.33. The molecule has 5 heteroatoms. The van der Waals surface area contributed by atoms with Crippen LogP contribution in [0.15, 0.2) is 54.6 Å². The van der Waals surface area contributed by atoms with Crippen molar-refractivity contribution in [3.63, 3.8) is 0 Å². The van der Waals surface area contributed by atoms with E-state index in [4.69, 9.17) is 9.47 Å². The van der Waals surface area contributed by atoms with Crippen molar-refractivity contribution in [3.05, 3.63) is 65.7 Å². The monoisotopic (exact) mass is 355 g/mol. The molecule has 1 aliphatic rings. The standard InChI is InChI=1S/C21H25NO4/c1-2-22(18-14-25-15-19(18)23)21(24)12-17-10-6-7-11-20(17)26-13-16-8-4-3-5-9-16/h3-11,18-19,23H,2,12-15H2,1H3/t18-,19-/m0/s1. The summed E-state index contributed by atoms with van der Waals surface area (Å²) in [6.07, 6.45) is -0.384. The van der Waals surface area contributed by atoms with Crippen LogP contribution in [0.2, 0.25) is 0 Å². The third kappa shape index (κ3) is 4.42. The maximum absolute atomic E-state index is 12.8. The molecule has 1 amide bonds. The number of hydrogen-bond acceptors (Lipinski definition) is 4. The molecular formula is C21H25NO4. The highest BCUT2D eigenvalue weighted by atomic mass is 16.5. The Morgan fingerprint density at radius 3 is 2.58 bits per heavy atom. The van der Waals surface area contributed by atoms with E-state index in [0.29, 0.717) is 25.5 Å². The summed E-state index contributed by atoms with van der Waals surface area (Å²) in [5.41, 5.74) is 1.93. The molecule has 138 valence electrons. The van der Waals surface area contributed by atoms with Crippen molar-refractivity contribution in [1.29, 1.82) is 0 Å². The highest BCUT2D eigenvalue weighted by molar-refractivity contribution is 5.80. The second-order valence-corrected chi connectivity index (χ2v) is 6.41. The lowest BCUT2D eigenvalue weighted by Crippen LogP contribution is -2.47. The summed E-state index contributed by atoms with van der Waals surface area (Å²) in [5.74, 6) is 0.682. The van der Waals surface area contributed by atoms with Crippen LogP contribution >= 0.6 is 0 Å². The number of para-hydroxylation sites is 1. The Kier molecular flexibility index (Phi) is 6.26. The summed E-state index contributed by atoms with van der Waals surface area (Å²) in [7, 11) is 0. The number of amides is 1. The van der Waals surface area contributed by atoms with Gasteiger partial charge in [-0.15, -0.1) is 0 Å². The first kappa shape index (κ1) is 18.4. The van der Waals surface area contributed by atoms with Crippen molar-refractivity contribution in [2.45, 2.75) is 32.1 Å². The average molecular weight is 355 g/mol. The smallest absolute Gasteiger partial charge is 0.227 e. The fourth-order valence-corrected chi connectivity index (χ4v) is 3.22. The van der Waals surface area contributed by atoms with Gasteiger partial charge in [0.2, 0.25) is 5.91 Å². The molecule has 0 saturated carbocycles. The van der Waals surface area contributed by atoms with E-state index in [1.54, 1.807) is 4.90 Å². The molecule has 1 fully saturated rings. The van der Waals surface area contributed by atoms with Gasteiger partial charge in [0.25, 0.3) is 0 Å². The van der Waals surface area contributed by atoms with Crippen molar-refractivity contribution in [3.8, 4) is 5.75 Å². The third-order valence-electron chi connectivity index (χ3n) is 4.63. The van der Waals surface area contributed by atoms with Crippen molar-refractivity contribution in [2.24, 2.45) is 0 Å². The van der Waals surface area contributed by atoms with E-state index >= 15 is 0 Å². The number of hydrogen-bond donors (Lipinski definition) is 1. The van der Waals surface area contributed by atoms with Crippen LogP contribution in [0.4, 0.5) is 0 Å². The van der Waals surface area contributed by atoms with E-state index < -0.39 is 6.10 Å². The second-order valence-electron chi connectivity index (χ2n) is 6.41. The van der Waals surface area contributed by atoms with E-state index in [9.17, 15) is 9.90 Å². The van der Waals surface area contributed by atoms with E-state index in [1.807, 2.05) is 61.5 Å². The van der Waals surface area contributed by atoms with Crippen molar-refractivity contribution in [2.75, 3.05) is 19.8 Å². The number of aliphatic hydroxyl groups is 1. The molecule has 0 spiro atoms. The lowest BCUT2D eigenvalue weighted by atomic mass is 10.1. The topological polar surface area (TPSA) is 59.0 Å². The molecule has 0 bridgehead atoms. The first-order valence-electron chi connectivity index (χ1n) is 8.99. The van der Waals surface area contributed by atoms with Crippen LogP contribution in [0.3, 0.4) is 0 Å². The van der Waals surface area contributed by atoms with Gasteiger partial charge in [0.15, 0.2) is 0 Å². The minimum absolute atomic E-state index is 0.0298. The van der Waals surface area contributed by atoms with Crippen LogP contribution < -0.4 is 4.74 Å². The van der Waals surface area contributed by atoms with E-state index in [2.05, 4.69) is 0 Å². The van der Waals surface area contributed by atoms with Gasteiger partial charge in [0.05, 0.1) is 31.8 Å². The van der Waals surface area contributed by atoms with Crippen LogP contribution in [0.5, 0.6) is 5.75 Å². The Hall–Kier alpha value is -2.37. The number of benzene rings is 2. The Morgan fingerprint density at radius 2 is 1.88 bits per heavy atom. The minimum atomic E-state index is -0.622. The van der Waals surface area contributed by atoms with Gasteiger partial charge in [-0.2, -0.15) is 0 Å². The second kappa shape index (κ2) is 8.83. The summed E-state index contributed by atoms with van der Waals surface area (Å²) in [4.78, 5) is 14.5. The zero-order valence-electron chi connectivity index (χ0n) is 15.0. The lowest BCUT2D eigenvalue weighted by molar-refractivity contribution is -0.134. The molecule has 0 unspecified atom stereocenters. The first-order chi connectivity index (χ1) is 12.7. The van der Waals surface area contributed by atoms with Gasteiger partial charge in [0.1, 0.15) is 12.4 Å². The van der Waals surface area contributed by atoms with Crippen LogP contribution in [-0.4, -0.2) is 47.8 Å². The molecular weight excluding hydrogens is 330 g/mol. The van der Waals surface area contributed by atoms with Crippen LogP contribution in [0.1, 0.15) is 18.1 Å². The Balaban J connectivity index is 1.68. The third-order valence-corrected chi connectivity index (χ3v) is 4.63. The van der Waals surface area contributed by atoms with Gasteiger partial charge in [-0.25, -0.2) is 0 Å². The molecule has 2 atom stereocenters. The molecule has 1 heterocycles. The molecule has 26 heavy (non-hydrogen) atoms. The van der Waals surface area contributed by atoms with Crippen LogP contribution in [-0.2, 0) is 22.6 Å². The summed E-state index contributed by atoms with van der Waals surface area (Å²) in [6, 6.07) is 17.3. The van der Waals surface area contributed by atoms with E-state index in [-0.39, 0.29) is 25.0 Å². The van der Waals surface area contributed by atoms with Crippen LogP contribution in [0, 0.1) is 0 Å². The van der Waals surface area contributed by atoms with Gasteiger partial charge < -0.3 is 19.5 Å². The summed E-state index contributed by atoms with van der Waals surface area (Å²) < 4.78 is 11.2. The van der Waals surface area contributed by atoms with Crippen molar-refractivity contribution < 1.29 is 19.4 Å². The highest BCUT2D eigenvalue weighted by Crippen LogP contribution is 2.22. The molecule has 2 aromatic rings. The van der Waals surface area contributed by atoms with Gasteiger partial charge in [-0.1, -0.05) is 48.5 Å². The molecule has 1 N–H and O–H groups in total. The predicted octanol–water partition coefficient (Wildman–Crippen LogP) is 2.42. The summed E-state index contributed by atoms with van der Waals surface area (Å²) in [6.45, 7) is 3.58. The zero-order valence-corrected chi connectivity index (χ0v) is 15.0. The van der Waals surface area contributed by atoms with Crippen LogP contribution in [0.25, 0.3) is 0 Å². The number of carbonyl (C=O) groups excluding carboxylic acids is 1. The van der Waals surface area contributed by atoms with Gasteiger partial charge >= 0.3 is 0 Å². The number of aliphatic hydroxyl groups excluding tert-OH is 1. The van der Waals surface area contributed by atoms with Crippen molar-refractivity contribution in [1.82, 2.24) is 4.90 Å². The van der Waals surface area contributed by atoms with Gasteiger partial charge in [0, 0.05) is 12.1 Å². The summed E-state index contributed by atoms with van der Waals surface area (Å²) >= 11 is 0. The average Bonchev–Trinajstić information content (AvgIpc) is 3.08. The molecule has 0 radical (unpaired) electrons. The predicted molar refractivity (Wildman–Crippen MR) is 98.9 cm³/mol. The van der Waals surface area contributed by atoms with Crippen molar-refractivity contribution >= 4 is 5.91 Å². The number of likely N-dealkylation sites (N-methyl/N-ethyl adjacent to an activating group) is 1. The first-order valence-corrected chi connectivity index (χ1v) is 8.99. The molecule has 0 aliphatic carbocycles. The molecule has 5 nitrogen and oxygen atoms in total. The lowest BCUT2D eigenvalue weighted by Gasteiger charge is -2.29. The van der Waals surface area contributed by atoms with Gasteiger partial charge in [-0.05, 0) is 18.6 Å². The quantitative estimate of drug-likeness (QED) is 0.829. The Bertz CT molecular complexity index is 719. The van der Waals surface area contributed by atoms with Gasteiger partial charge in [-0.3, -0.25) is 4.79 Å². The SMILES string of the molecule is CCN(C(=O)Cc1ccccc1OCc1ccccc1)[C@H]1COC[C@@H]1O. The Labute approximate surface area is 154 Å². The maximum Gasteiger partial charge on any atom is 0.227 e. The molecule has 0 aromatic heterocycles. The number of rotatable bonds is 7. The fraction of sp³-hybridized carbons (Fsp3) is 0.381. The molecule has 3 rings (SSSR count). The molecule has 1 aliphatic heterocycles. The Morgan fingerprint density at radius 1 is 1.15 bits per heavy atom. The number of ether oxygens (including phenoxy) is 2. The maximum atomic E-state index is 12.8. The summed E-state index contributed by atoms with van der Waals surface area (Å²) in [5, 5.41) is 10.0. The minimum Gasteiger partial charge on any atom is -0.489 e. The fourth-order valence-electron chi connectivity index (χ4n) is 3.22. The zero-order chi connectivity index (χ0) is 18.4. The largest absolute Gasteiger partial charge is 0.489 e. The number of carbonyl (C=O) groups is 1. The number of nitrogens with zero attached hydrogens (tertiary/aromatic N) is 1. The van der Waals surface area contributed by atoms with E-state index in [0.717, 1.165) is 11.1 Å². The molecule has 1 saturated heterocycles. The normalized spacial score (nSPS) is 19.3. The molecule has 2 aromatic carbocycles. The van der Waals surface area contributed by atoms with E-state index in [1.165, 1.54) is 0 Å².